The Morgan fingerprint density at radius 1 is 1.07 bits per heavy atom. The molecule has 0 radical (unpaired) electrons. The van der Waals surface area contributed by atoms with E-state index in [9.17, 15) is 0 Å². The predicted octanol–water partition coefficient (Wildman–Crippen LogP) is 1.70. The highest BCUT2D eigenvalue weighted by molar-refractivity contribution is 5.28. The summed E-state index contributed by atoms with van der Waals surface area (Å²) in [6.07, 6.45) is -1.18. The molecule has 0 saturated carbocycles. The first-order chi connectivity index (χ1) is 7.17. The van der Waals surface area contributed by atoms with Gasteiger partial charge in [-0.1, -0.05) is 12.1 Å². The lowest BCUT2D eigenvalue weighted by Crippen LogP contribution is -2.09. The van der Waals surface area contributed by atoms with Gasteiger partial charge < -0.3 is 19.3 Å². The third-order valence-corrected chi connectivity index (χ3v) is 1.89. The van der Waals surface area contributed by atoms with Gasteiger partial charge in [0.1, 0.15) is 5.75 Å². The first kappa shape index (κ1) is 12.0. The van der Waals surface area contributed by atoms with E-state index < -0.39 is 6.29 Å². The smallest absolute Gasteiger partial charge is 0.194 e. The molecule has 1 N–H and O–H groups in total. The van der Waals surface area contributed by atoms with Crippen molar-refractivity contribution in [1.82, 2.24) is 0 Å². The van der Waals surface area contributed by atoms with Crippen LogP contribution in [0.25, 0.3) is 0 Å². The van der Waals surface area contributed by atoms with Crippen molar-refractivity contribution in [3.63, 3.8) is 0 Å². The molecule has 0 heterocycles. The Kier molecular flexibility index (Phi) is 4.55. The van der Waals surface area contributed by atoms with Gasteiger partial charge in [-0.3, -0.25) is 0 Å². The summed E-state index contributed by atoms with van der Waals surface area (Å²) in [4.78, 5) is 0. The Morgan fingerprint density at radius 2 is 1.60 bits per heavy atom. The van der Waals surface area contributed by atoms with Crippen LogP contribution in [0, 0.1) is 0 Å². The van der Waals surface area contributed by atoms with Crippen LogP contribution >= 0.6 is 0 Å². The molecule has 4 heteroatoms. The molecule has 0 spiro atoms. The molecule has 0 aliphatic rings. The van der Waals surface area contributed by atoms with Crippen LogP contribution in [0.3, 0.4) is 0 Å². The normalized spacial score (nSPS) is 12.9. The number of methoxy groups -OCH3 is 2. The van der Waals surface area contributed by atoms with Crippen LogP contribution in [0.2, 0.25) is 0 Å². The molecule has 0 saturated heterocycles. The van der Waals surface area contributed by atoms with Crippen molar-refractivity contribution < 1.29 is 19.3 Å². The van der Waals surface area contributed by atoms with E-state index in [1.807, 2.05) is 12.1 Å². The second-order valence-corrected chi connectivity index (χ2v) is 3.09. The molecule has 0 amide bonds. The molecular weight excluding hydrogens is 196 g/mol. The van der Waals surface area contributed by atoms with Gasteiger partial charge in [0.2, 0.25) is 0 Å². The van der Waals surface area contributed by atoms with Crippen LogP contribution in [0.4, 0.5) is 0 Å². The van der Waals surface area contributed by atoms with Gasteiger partial charge in [0.15, 0.2) is 12.6 Å². The summed E-state index contributed by atoms with van der Waals surface area (Å²) in [6, 6.07) is 7.17. The number of aliphatic hydroxyl groups excluding tert-OH is 1. The number of aliphatic hydroxyl groups is 1. The van der Waals surface area contributed by atoms with E-state index in [1.54, 1.807) is 33.3 Å². The molecule has 1 aromatic carbocycles. The molecule has 84 valence electrons. The summed E-state index contributed by atoms with van der Waals surface area (Å²) >= 11 is 0. The van der Waals surface area contributed by atoms with Crippen molar-refractivity contribution in [2.24, 2.45) is 0 Å². The van der Waals surface area contributed by atoms with Gasteiger partial charge in [-0.2, -0.15) is 0 Å². The highest BCUT2D eigenvalue weighted by atomic mass is 16.7. The lowest BCUT2D eigenvalue weighted by atomic mass is 10.2. The fourth-order valence-corrected chi connectivity index (χ4v) is 1.27. The summed E-state index contributed by atoms with van der Waals surface area (Å²) in [5.74, 6) is 0.611. The van der Waals surface area contributed by atoms with E-state index in [4.69, 9.17) is 19.3 Å². The van der Waals surface area contributed by atoms with Crippen molar-refractivity contribution in [1.29, 1.82) is 0 Å². The molecule has 1 unspecified atom stereocenters. The van der Waals surface area contributed by atoms with E-state index in [0.29, 0.717) is 5.75 Å². The third kappa shape index (κ3) is 3.51. The molecule has 4 nitrogen and oxygen atoms in total. The van der Waals surface area contributed by atoms with Crippen LogP contribution in [0.5, 0.6) is 5.75 Å². The molecular formula is C11H16O4. The molecule has 0 aliphatic heterocycles. The second kappa shape index (κ2) is 5.70. The first-order valence-electron chi connectivity index (χ1n) is 4.67. The summed E-state index contributed by atoms with van der Waals surface area (Å²) < 4.78 is 15.3. The SMILES string of the molecule is COC(OC)c1ccc(OC(C)O)cc1. The van der Waals surface area contributed by atoms with Crippen LogP contribution in [-0.2, 0) is 9.47 Å². The minimum absolute atomic E-state index is 0.370. The highest BCUT2D eigenvalue weighted by Crippen LogP contribution is 2.20. The van der Waals surface area contributed by atoms with Crippen molar-refractivity contribution in [2.75, 3.05) is 14.2 Å². The van der Waals surface area contributed by atoms with Gasteiger partial charge >= 0.3 is 0 Å². The second-order valence-electron chi connectivity index (χ2n) is 3.09. The Hall–Kier alpha value is -1.10. The van der Waals surface area contributed by atoms with Gasteiger partial charge in [-0.05, 0) is 19.1 Å². The van der Waals surface area contributed by atoms with E-state index in [2.05, 4.69) is 0 Å². The monoisotopic (exact) mass is 212 g/mol. The maximum absolute atomic E-state index is 9.01. The summed E-state index contributed by atoms with van der Waals surface area (Å²) in [5.41, 5.74) is 0.901. The first-order valence-corrected chi connectivity index (χ1v) is 4.67. The molecule has 1 atom stereocenters. The van der Waals surface area contributed by atoms with Gasteiger partial charge in [0.25, 0.3) is 0 Å². The van der Waals surface area contributed by atoms with Crippen molar-refractivity contribution in [2.45, 2.75) is 19.5 Å². The molecule has 0 aliphatic carbocycles. The lowest BCUT2D eigenvalue weighted by molar-refractivity contribution is -0.106. The zero-order chi connectivity index (χ0) is 11.3. The van der Waals surface area contributed by atoms with Gasteiger partial charge in [0.05, 0.1) is 0 Å². The van der Waals surface area contributed by atoms with Crippen molar-refractivity contribution in [3.05, 3.63) is 29.8 Å². The fraction of sp³-hybridized carbons (Fsp3) is 0.455. The number of benzene rings is 1. The van der Waals surface area contributed by atoms with Gasteiger partial charge in [-0.25, -0.2) is 0 Å². The van der Waals surface area contributed by atoms with E-state index >= 15 is 0 Å². The van der Waals surface area contributed by atoms with E-state index in [1.165, 1.54) is 0 Å². The average Bonchev–Trinajstić information content (AvgIpc) is 2.21. The quantitative estimate of drug-likeness (QED) is 0.754. The zero-order valence-corrected chi connectivity index (χ0v) is 9.14. The standard InChI is InChI=1S/C11H16O4/c1-8(12)15-10-6-4-9(5-7-10)11(13-2)14-3/h4-8,11-12H,1-3H3. The zero-order valence-electron chi connectivity index (χ0n) is 9.14. The maximum atomic E-state index is 9.01. The molecule has 15 heavy (non-hydrogen) atoms. The Morgan fingerprint density at radius 3 is 2.00 bits per heavy atom. The van der Waals surface area contributed by atoms with Crippen LogP contribution in [0.15, 0.2) is 24.3 Å². The highest BCUT2D eigenvalue weighted by Gasteiger charge is 2.08. The molecule has 1 aromatic rings. The van der Waals surface area contributed by atoms with Crippen LogP contribution in [-0.4, -0.2) is 25.6 Å². The average molecular weight is 212 g/mol. The largest absolute Gasteiger partial charge is 0.465 e. The van der Waals surface area contributed by atoms with E-state index in [0.717, 1.165) is 5.56 Å². The molecule has 0 aromatic heterocycles. The van der Waals surface area contributed by atoms with Gasteiger partial charge in [0, 0.05) is 19.8 Å². The minimum Gasteiger partial charge on any atom is -0.465 e. The number of ether oxygens (including phenoxy) is 3. The number of hydrogen-bond donors (Lipinski definition) is 1. The van der Waals surface area contributed by atoms with Crippen molar-refractivity contribution in [3.8, 4) is 5.75 Å². The summed E-state index contributed by atoms with van der Waals surface area (Å²) in [6.45, 7) is 1.56. The number of hydrogen-bond acceptors (Lipinski definition) is 4. The summed E-state index contributed by atoms with van der Waals surface area (Å²) in [5, 5.41) is 9.01. The van der Waals surface area contributed by atoms with Gasteiger partial charge in [-0.15, -0.1) is 0 Å². The fourth-order valence-electron chi connectivity index (χ4n) is 1.27. The predicted molar refractivity (Wildman–Crippen MR) is 55.5 cm³/mol. The van der Waals surface area contributed by atoms with Crippen LogP contribution in [0.1, 0.15) is 18.8 Å². The maximum Gasteiger partial charge on any atom is 0.194 e. The Labute approximate surface area is 89.4 Å². The minimum atomic E-state index is -0.809. The van der Waals surface area contributed by atoms with Crippen LogP contribution < -0.4 is 4.74 Å². The Balaban J connectivity index is 2.71. The Bertz CT molecular complexity index is 277. The van der Waals surface area contributed by atoms with E-state index in [-0.39, 0.29) is 6.29 Å². The molecule has 0 fully saturated rings. The van der Waals surface area contributed by atoms with Crippen molar-refractivity contribution >= 4 is 0 Å². The third-order valence-electron chi connectivity index (χ3n) is 1.89. The molecule has 1 rings (SSSR count). The summed E-state index contributed by atoms with van der Waals surface area (Å²) in [7, 11) is 3.16. The molecule has 0 bridgehead atoms. The number of rotatable bonds is 5. The topological polar surface area (TPSA) is 47.9 Å². The lowest BCUT2D eigenvalue weighted by Gasteiger charge is -2.14.